The van der Waals surface area contributed by atoms with Crippen LogP contribution in [0.15, 0.2) is 29.2 Å². The lowest BCUT2D eigenvalue weighted by Gasteiger charge is -2.12. The topological polar surface area (TPSA) is 134 Å². The van der Waals surface area contributed by atoms with Crippen LogP contribution in [0, 0.1) is 12.9 Å². The van der Waals surface area contributed by atoms with E-state index in [0.717, 1.165) is 4.57 Å². The fourth-order valence-corrected chi connectivity index (χ4v) is 2.83. The van der Waals surface area contributed by atoms with Crippen molar-refractivity contribution in [3.8, 4) is 16.9 Å². The number of aromatic hydroxyl groups is 1. The molecule has 0 bridgehead atoms. The molecule has 0 aliphatic carbocycles. The van der Waals surface area contributed by atoms with Crippen LogP contribution in [0.2, 0.25) is 0 Å². The van der Waals surface area contributed by atoms with Gasteiger partial charge in [-0.2, -0.15) is 4.39 Å². The normalized spacial score (nSPS) is 10.8. The lowest BCUT2D eigenvalue weighted by Crippen LogP contribution is -2.35. The van der Waals surface area contributed by atoms with Gasteiger partial charge in [0.05, 0.1) is 5.39 Å². The third-order valence-electron chi connectivity index (χ3n) is 4.18. The molecule has 0 aromatic carbocycles. The number of aryl methyl sites for hydroxylation is 2. The summed E-state index contributed by atoms with van der Waals surface area (Å²) in [4.78, 5) is 43.2. The summed E-state index contributed by atoms with van der Waals surface area (Å²) < 4.78 is 14.3. The van der Waals surface area contributed by atoms with Crippen LogP contribution in [-0.4, -0.2) is 43.2 Å². The molecule has 3 aromatic rings. The zero-order valence-electron chi connectivity index (χ0n) is 14.9. The predicted octanol–water partition coefficient (Wildman–Crippen LogP) is 0.963. The summed E-state index contributed by atoms with van der Waals surface area (Å²) in [5, 5.41) is 21.4. The molecule has 0 spiro atoms. The molecule has 3 aromatic heterocycles. The van der Waals surface area contributed by atoms with Gasteiger partial charge in [0.15, 0.2) is 0 Å². The summed E-state index contributed by atoms with van der Waals surface area (Å²) in [5.41, 5.74) is 0.139. The zero-order chi connectivity index (χ0) is 20.6. The third-order valence-corrected chi connectivity index (χ3v) is 4.18. The van der Waals surface area contributed by atoms with Gasteiger partial charge in [-0.15, -0.1) is 0 Å². The summed E-state index contributed by atoms with van der Waals surface area (Å²) in [5.74, 6) is -3.58. The number of aliphatic carboxylic acids is 1. The first-order valence-corrected chi connectivity index (χ1v) is 8.06. The van der Waals surface area contributed by atoms with E-state index in [1.807, 2.05) is 5.32 Å². The maximum absolute atomic E-state index is 13.3. The molecule has 3 N–H and O–H groups in total. The van der Waals surface area contributed by atoms with E-state index >= 15 is 0 Å². The highest BCUT2D eigenvalue weighted by molar-refractivity contribution is 6.03. The number of carbonyl (C=O) groups excluding carboxylic acids is 1. The van der Waals surface area contributed by atoms with E-state index in [2.05, 4.69) is 9.97 Å². The van der Waals surface area contributed by atoms with Crippen LogP contribution in [0.5, 0.6) is 5.75 Å². The lowest BCUT2D eigenvalue weighted by molar-refractivity contribution is -0.135. The SMILES string of the molecule is Cc1nc(F)ccc1-c1cnc2c(c1)c(O)c(C(=O)NCC(=O)O)c(=O)n2C. The number of halogens is 1. The smallest absolute Gasteiger partial charge is 0.322 e. The van der Waals surface area contributed by atoms with E-state index in [9.17, 15) is 23.9 Å². The number of carboxylic acid groups (broad SMARTS) is 1. The highest BCUT2D eigenvalue weighted by Crippen LogP contribution is 2.30. The quantitative estimate of drug-likeness (QED) is 0.569. The number of amides is 1. The van der Waals surface area contributed by atoms with Gasteiger partial charge < -0.3 is 15.5 Å². The minimum Gasteiger partial charge on any atom is -0.506 e. The fraction of sp³-hybridized carbons (Fsp3) is 0.167. The average molecular weight is 386 g/mol. The Morgan fingerprint density at radius 3 is 2.68 bits per heavy atom. The lowest BCUT2D eigenvalue weighted by atomic mass is 10.0. The van der Waals surface area contributed by atoms with Crippen LogP contribution in [-0.2, 0) is 11.8 Å². The molecule has 3 heterocycles. The number of hydrogen-bond donors (Lipinski definition) is 3. The van der Waals surface area contributed by atoms with Crippen molar-refractivity contribution in [1.82, 2.24) is 19.9 Å². The first kappa shape index (κ1) is 19.0. The van der Waals surface area contributed by atoms with Gasteiger partial charge in [0.2, 0.25) is 5.95 Å². The first-order chi connectivity index (χ1) is 13.2. The molecule has 144 valence electrons. The van der Waals surface area contributed by atoms with Gasteiger partial charge in [-0.1, -0.05) is 0 Å². The first-order valence-electron chi connectivity index (χ1n) is 8.06. The number of nitrogens with one attached hydrogen (secondary N) is 1. The Labute approximate surface area is 157 Å². The van der Waals surface area contributed by atoms with E-state index in [4.69, 9.17) is 5.11 Å². The summed E-state index contributed by atoms with van der Waals surface area (Å²) in [7, 11) is 1.37. The second-order valence-electron chi connectivity index (χ2n) is 6.03. The van der Waals surface area contributed by atoms with Crippen LogP contribution >= 0.6 is 0 Å². The number of aromatic nitrogens is 3. The second-order valence-corrected chi connectivity index (χ2v) is 6.03. The Balaban J connectivity index is 2.21. The number of hydrogen-bond acceptors (Lipinski definition) is 6. The maximum atomic E-state index is 13.3. The van der Waals surface area contributed by atoms with Crippen molar-refractivity contribution in [3.63, 3.8) is 0 Å². The Morgan fingerprint density at radius 2 is 2.04 bits per heavy atom. The number of pyridine rings is 3. The van der Waals surface area contributed by atoms with Crippen molar-refractivity contribution < 1.29 is 24.2 Å². The minimum absolute atomic E-state index is 0.101. The number of carboxylic acids is 1. The van der Waals surface area contributed by atoms with E-state index in [-0.39, 0.29) is 11.0 Å². The molecule has 0 radical (unpaired) electrons. The predicted molar refractivity (Wildman–Crippen MR) is 96.5 cm³/mol. The number of rotatable bonds is 4. The molecule has 1 amide bonds. The molecule has 0 unspecified atom stereocenters. The largest absolute Gasteiger partial charge is 0.506 e. The summed E-state index contributed by atoms with van der Waals surface area (Å²) in [6.45, 7) is 0.895. The molecule has 3 rings (SSSR count). The summed E-state index contributed by atoms with van der Waals surface area (Å²) in [6.07, 6.45) is 1.44. The van der Waals surface area contributed by atoms with Gasteiger partial charge in [0, 0.05) is 30.1 Å². The molecule has 0 saturated heterocycles. The zero-order valence-corrected chi connectivity index (χ0v) is 14.9. The molecule has 0 atom stereocenters. The molecule has 0 fully saturated rings. The Bertz CT molecular complexity index is 1190. The molecular weight excluding hydrogens is 371 g/mol. The highest BCUT2D eigenvalue weighted by atomic mass is 19.1. The average Bonchev–Trinajstić information content (AvgIpc) is 2.64. The molecule has 0 aliphatic heterocycles. The van der Waals surface area contributed by atoms with Crippen LogP contribution < -0.4 is 10.9 Å². The van der Waals surface area contributed by atoms with E-state index in [1.54, 1.807) is 6.92 Å². The Morgan fingerprint density at radius 1 is 1.32 bits per heavy atom. The third kappa shape index (κ3) is 3.27. The van der Waals surface area contributed by atoms with Crippen molar-refractivity contribution in [2.45, 2.75) is 6.92 Å². The van der Waals surface area contributed by atoms with Crippen molar-refractivity contribution in [2.75, 3.05) is 6.54 Å². The van der Waals surface area contributed by atoms with Crippen LogP contribution in [0.3, 0.4) is 0 Å². The molecular formula is C18H15FN4O5. The molecule has 9 nitrogen and oxygen atoms in total. The summed E-state index contributed by atoms with van der Waals surface area (Å²) >= 11 is 0. The van der Waals surface area contributed by atoms with E-state index in [0.29, 0.717) is 16.8 Å². The van der Waals surface area contributed by atoms with Crippen LogP contribution in [0.1, 0.15) is 16.1 Å². The fourth-order valence-electron chi connectivity index (χ4n) is 2.83. The minimum atomic E-state index is -1.30. The van der Waals surface area contributed by atoms with E-state index < -0.39 is 41.2 Å². The Kier molecular flexibility index (Phi) is 4.78. The van der Waals surface area contributed by atoms with Crippen LogP contribution in [0.4, 0.5) is 4.39 Å². The van der Waals surface area contributed by atoms with Crippen LogP contribution in [0.25, 0.3) is 22.2 Å². The molecule has 28 heavy (non-hydrogen) atoms. The van der Waals surface area contributed by atoms with Crippen molar-refractivity contribution in [2.24, 2.45) is 7.05 Å². The van der Waals surface area contributed by atoms with Gasteiger partial charge in [-0.3, -0.25) is 19.0 Å². The van der Waals surface area contributed by atoms with Gasteiger partial charge in [-0.05, 0) is 25.1 Å². The number of fused-ring (bicyclic) bond motifs is 1. The molecule has 0 saturated carbocycles. The molecule has 10 heteroatoms. The van der Waals surface area contributed by atoms with Gasteiger partial charge in [0.1, 0.15) is 23.5 Å². The number of nitrogens with zero attached hydrogens (tertiary/aromatic N) is 3. The monoisotopic (exact) mass is 386 g/mol. The van der Waals surface area contributed by atoms with E-state index in [1.165, 1.54) is 31.4 Å². The van der Waals surface area contributed by atoms with Gasteiger partial charge >= 0.3 is 5.97 Å². The van der Waals surface area contributed by atoms with Gasteiger partial charge in [0.25, 0.3) is 11.5 Å². The van der Waals surface area contributed by atoms with Gasteiger partial charge in [-0.25, -0.2) is 9.97 Å². The number of carbonyl (C=O) groups is 2. The standard InChI is InChI=1S/C18H15FN4O5/c1-8-10(3-4-12(19)22-8)9-5-11-15(26)14(17(27)21-7-13(24)25)18(28)23(2)16(11)20-6-9/h3-6,26H,7H2,1-2H3,(H,21,27)(H,24,25). The molecule has 0 aliphatic rings. The van der Waals surface area contributed by atoms with Crippen molar-refractivity contribution in [1.29, 1.82) is 0 Å². The summed E-state index contributed by atoms with van der Waals surface area (Å²) in [6, 6.07) is 4.17. The Hall–Kier alpha value is -3.82. The van der Waals surface area contributed by atoms with Crippen molar-refractivity contribution in [3.05, 3.63) is 52.0 Å². The van der Waals surface area contributed by atoms with Crippen molar-refractivity contribution >= 4 is 22.9 Å². The maximum Gasteiger partial charge on any atom is 0.322 e. The highest BCUT2D eigenvalue weighted by Gasteiger charge is 2.22. The second kappa shape index (κ2) is 7.06.